The number of rotatable bonds is 9. The fourth-order valence-corrected chi connectivity index (χ4v) is 2.37. The summed E-state index contributed by atoms with van der Waals surface area (Å²) in [6.07, 6.45) is 3.52. The molecule has 0 aromatic heterocycles. The largest absolute Gasteiger partial charge is 0.481 e. The standard InChI is InChI=1S/C17H27NO2/c1-4-5-9-12-18(14(2)3)13-16(17(19)20)15-10-7-6-8-11-15/h6-8,10-11,14,16H,4-5,9,12-13H2,1-3H3,(H,19,20). The van der Waals surface area contributed by atoms with Crippen LogP contribution in [0.15, 0.2) is 30.3 Å². The number of nitrogens with zero attached hydrogens (tertiary/aromatic N) is 1. The molecule has 112 valence electrons. The van der Waals surface area contributed by atoms with E-state index in [4.69, 9.17) is 0 Å². The highest BCUT2D eigenvalue weighted by atomic mass is 16.4. The van der Waals surface area contributed by atoms with Crippen LogP contribution in [0.3, 0.4) is 0 Å². The Morgan fingerprint density at radius 3 is 2.35 bits per heavy atom. The summed E-state index contributed by atoms with van der Waals surface area (Å²) in [5.74, 6) is -1.18. The third-order valence-electron chi connectivity index (χ3n) is 3.70. The molecule has 0 saturated carbocycles. The van der Waals surface area contributed by atoms with Crippen LogP contribution < -0.4 is 0 Å². The number of carboxylic acids is 1. The summed E-state index contributed by atoms with van der Waals surface area (Å²) in [7, 11) is 0. The molecule has 0 heterocycles. The summed E-state index contributed by atoms with van der Waals surface area (Å²) < 4.78 is 0. The van der Waals surface area contributed by atoms with Gasteiger partial charge in [0, 0.05) is 12.6 Å². The first-order valence-corrected chi connectivity index (χ1v) is 7.58. The van der Waals surface area contributed by atoms with Gasteiger partial charge in [0.15, 0.2) is 0 Å². The maximum atomic E-state index is 11.6. The summed E-state index contributed by atoms with van der Waals surface area (Å²) >= 11 is 0. The van der Waals surface area contributed by atoms with Gasteiger partial charge in [0.05, 0.1) is 5.92 Å². The predicted molar refractivity (Wildman–Crippen MR) is 83.1 cm³/mol. The van der Waals surface area contributed by atoms with Crippen molar-refractivity contribution in [2.45, 2.75) is 52.0 Å². The van der Waals surface area contributed by atoms with Crippen LogP contribution in [0.5, 0.6) is 0 Å². The van der Waals surface area contributed by atoms with Crippen molar-refractivity contribution >= 4 is 5.97 Å². The lowest BCUT2D eigenvalue weighted by molar-refractivity contribution is -0.139. The van der Waals surface area contributed by atoms with Crippen molar-refractivity contribution in [1.82, 2.24) is 4.90 Å². The van der Waals surface area contributed by atoms with Gasteiger partial charge in [-0.1, -0.05) is 50.1 Å². The molecule has 0 aliphatic heterocycles. The van der Waals surface area contributed by atoms with Gasteiger partial charge in [0.25, 0.3) is 0 Å². The third-order valence-corrected chi connectivity index (χ3v) is 3.70. The zero-order valence-electron chi connectivity index (χ0n) is 12.9. The Bertz CT molecular complexity index is 389. The zero-order chi connectivity index (χ0) is 15.0. The molecule has 3 nitrogen and oxygen atoms in total. The smallest absolute Gasteiger partial charge is 0.312 e. The first-order chi connectivity index (χ1) is 9.56. The molecule has 1 rings (SSSR count). The molecule has 1 atom stereocenters. The molecule has 0 fully saturated rings. The van der Waals surface area contributed by atoms with E-state index in [0.29, 0.717) is 12.6 Å². The highest BCUT2D eigenvalue weighted by molar-refractivity contribution is 5.76. The number of benzene rings is 1. The van der Waals surface area contributed by atoms with E-state index in [-0.39, 0.29) is 0 Å². The van der Waals surface area contributed by atoms with Gasteiger partial charge >= 0.3 is 5.97 Å². The Kier molecular flexibility index (Phi) is 7.31. The van der Waals surface area contributed by atoms with Gasteiger partial charge in [-0.05, 0) is 32.4 Å². The lowest BCUT2D eigenvalue weighted by Crippen LogP contribution is -2.37. The summed E-state index contributed by atoms with van der Waals surface area (Å²) in [6, 6.07) is 9.91. The minimum atomic E-state index is -0.739. The Labute approximate surface area is 122 Å². The van der Waals surface area contributed by atoms with E-state index in [1.165, 1.54) is 12.8 Å². The van der Waals surface area contributed by atoms with Crippen molar-refractivity contribution in [2.75, 3.05) is 13.1 Å². The van der Waals surface area contributed by atoms with Crippen molar-refractivity contribution in [2.24, 2.45) is 0 Å². The Morgan fingerprint density at radius 2 is 1.85 bits per heavy atom. The first kappa shape index (κ1) is 16.7. The number of carboxylic acid groups (broad SMARTS) is 1. The van der Waals surface area contributed by atoms with Gasteiger partial charge < -0.3 is 5.11 Å². The average Bonchev–Trinajstić information content (AvgIpc) is 2.43. The summed E-state index contributed by atoms with van der Waals surface area (Å²) in [5, 5.41) is 9.50. The van der Waals surface area contributed by atoms with Crippen LogP contribution in [0.2, 0.25) is 0 Å². The summed E-state index contributed by atoms with van der Waals surface area (Å²) in [4.78, 5) is 13.8. The average molecular weight is 277 g/mol. The monoisotopic (exact) mass is 277 g/mol. The molecule has 3 heteroatoms. The molecule has 1 N–H and O–H groups in total. The summed E-state index contributed by atoms with van der Waals surface area (Å²) in [6.45, 7) is 8.01. The molecule has 0 radical (unpaired) electrons. The molecule has 1 unspecified atom stereocenters. The number of hydrogen-bond acceptors (Lipinski definition) is 2. The van der Waals surface area contributed by atoms with Gasteiger partial charge in [-0.15, -0.1) is 0 Å². The number of unbranched alkanes of at least 4 members (excludes halogenated alkanes) is 2. The molecule has 1 aromatic rings. The first-order valence-electron chi connectivity index (χ1n) is 7.58. The van der Waals surface area contributed by atoms with Gasteiger partial charge in [-0.3, -0.25) is 9.69 Å². The number of carbonyl (C=O) groups is 1. The van der Waals surface area contributed by atoms with Crippen molar-refractivity contribution in [1.29, 1.82) is 0 Å². The van der Waals surface area contributed by atoms with Crippen LogP contribution in [0.25, 0.3) is 0 Å². The molecule has 0 bridgehead atoms. The Balaban J connectivity index is 2.74. The fraction of sp³-hybridized carbons (Fsp3) is 0.588. The molecule has 0 aliphatic rings. The normalized spacial score (nSPS) is 12.8. The van der Waals surface area contributed by atoms with Gasteiger partial charge in [0.1, 0.15) is 0 Å². The molecular weight excluding hydrogens is 250 g/mol. The van der Waals surface area contributed by atoms with E-state index < -0.39 is 11.9 Å². The number of aliphatic carboxylic acids is 1. The third kappa shape index (κ3) is 5.33. The lowest BCUT2D eigenvalue weighted by atomic mass is 9.98. The van der Waals surface area contributed by atoms with E-state index in [9.17, 15) is 9.90 Å². The van der Waals surface area contributed by atoms with E-state index in [1.54, 1.807) is 0 Å². The van der Waals surface area contributed by atoms with Gasteiger partial charge in [-0.25, -0.2) is 0 Å². The molecule has 20 heavy (non-hydrogen) atoms. The maximum Gasteiger partial charge on any atom is 0.312 e. The predicted octanol–water partition coefficient (Wildman–Crippen LogP) is 3.76. The minimum absolute atomic E-state index is 0.373. The second-order valence-corrected chi connectivity index (χ2v) is 5.60. The van der Waals surface area contributed by atoms with Crippen molar-refractivity contribution in [3.05, 3.63) is 35.9 Å². The maximum absolute atomic E-state index is 11.6. The summed E-state index contributed by atoms with van der Waals surface area (Å²) in [5.41, 5.74) is 0.890. The quantitative estimate of drug-likeness (QED) is 0.699. The van der Waals surface area contributed by atoms with E-state index in [1.807, 2.05) is 30.3 Å². The minimum Gasteiger partial charge on any atom is -0.481 e. The van der Waals surface area contributed by atoms with E-state index >= 15 is 0 Å². The molecular formula is C17H27NO2. The highest BCUT2D eigenvalue weighted by Crippen LogP contribution is 2.19. The van der Waals surface area contributed by atoms with E-state index in [2.05, 4.69) is 25.7 Å². The lowest BCUT2D eigenvalue weighted by Gasteiger charge is -2.29. The molecule has 0 spiro atoms. The second-order valence-electron chi connectivity index (χ2n) is 5.60. The fourth-order valence-electron chi connectivity index (χ4n) is 2.37. The molecule has 0 amide bonds. The van der Waals surface area contributed by atoms with Crippen LogP contribution >= 0.6 is 0 Å². The van der Waals surface area contributed by atoms with Crippen LogP contribution in [0, 0.1) is 0 Å². The van der Waals surface area contributed by atoms with Crippen molar-refractivity contribution in [3.8, 4) is 0 Å². The van der Waals surface area contributed by atoms with Gasteiger partial charge in [0.2, 0.25) is 0 Å². The topological polar surface area (TPSA) is 40.5 Å². The van der Waals surface area contributed by atoms with Crippen LogP contribution in [-0.4, -0.2) is 35.1 Å². The van der Waals surface area contributed by atoms with E-state index in [0.717, 1.165) is 18.5 Å². The molecule has 1 aromatic carbocycles. The van der Waals surface area contributed by atoms with Crippen molar-refractivity contribution < 1.29 is 9.90 Å². The Hall–Kier alpha value is -1.35. The Morgan fingerprint density at radius 1 is 1.20 bits per heavy atom. The number of hydrogen-bond donors (Lipinski definition) is 1. The van der Waals surface area contributed by atoms with Crippen LogP contribution in [-0.2, 0) is 4.79 Å². The van der Waals surface area contributed by atoms with Crippen LogP contribution in [0.1, 0.15) is 51.5 Å². The van der Waals surface area contributed by atoms with Gasteiger partial charge in [-0.2, -0.15) is 0 Å². The molecule has 0 aliphatic carbocycles. The molecule has 0 saturated heterocycles. The highest BCUT2D eigenvalue weighted by Gasteiger charge is 2.23. The zero-order valence-corrected chi connectivity index (χ0v) is 12.9. The van der Waals surface area contributed by atoms with Crippen LogP contribution in [0.4, 0.5) is 0 Å². The van der Waals surface area contributed by atoms with Crippen molar-refractivity contribution in [3.63, 3.8) is 0 Å². The second kappa shape index (κ2) is 8.75. The SMILES string of the molecule is CCCCCN(CC(C(=O)O)c1ccccc1)C(C)C.